The Balaban J connectivity index is 1.82. The lowest BCUT2D eigenvalue weighted by atomic mass is 9.95. The van der Waals surface area contributed by atoms with E-state index in [0.29, 0.717) is 17.6 Å². The van der Waals surface area contributed by atoms with Gasteiger partial charge in [-0.05, 0) is 44.4 Å². The second-order valence-corrected chi connectivity index (χ2v) is 7.30. The molecule has 5 nitrogen and oxygen atoms in total. The van der Waals surface area contributed by atoms with Crippen molar-refractivity contribution < 1.29 is 14.5 Å². The van der Waals surface area contributed by atoms with Crippen molar-refractivity contribution in [3.63, 3.8) is 0 Å². The van der Waals surface area contributed by atoms with Crippen molar-refractivity contribution in [2.45, 2.75) is 52.0 Å². The predicted octanol–water partition coefficient (Wildman–Crippen LogP) is 1.94. The van der Waals surface area contributed by atoms with Gasteiger partial charge in [-0.3, -0.25) is 9.59 Å². The van der Waals surface area contributed by atoms with E-state index in [4.69, 9.17) is 11.6 Å². The first-order valence-corrected chi connectivity index (χ1v) is 9.54. The lowest BCUT2D eigenvalue weighted by Gasteiger charge is -2.24. The van der Waals surface area contributed by atoms with Crippen LogP contribution < -0.4 is 15.5 Å². The fraction of sp³-hybridized carbons (Fsp3) is 0.579. The molecule has 0 aromatic heterocycles. The molecule has 0 radical (unpaired) electrons. The molecular formula is C19H29ClN3O2+. The van der Waals surface area contributed by atoms with E-state index < -0.39 is 0 Å². The number of carbonyl (C=O) groups excluding carboxylic acids is 2. The third kappa shape index (κ3) is 6.67. The molecule has 1 aromatic rings. The van der Waals surface area contributed by atoms with Crippen LogP contribution in [0.5, 0.6) is 0 Å². The minimum absolute atomic E-state index is 0.0375. The van der Waals surface area contributed by atoms with Crippen LogP contribution in [0.2, 0.25) is 5.02 Å². The van der Waals surface area contributed by atoms with Crippen LogP contribution in [-0.2, 0) is 9.59 Å². The number of hydrogen-bond donors (Lipinski definition) is 3. The molecule has 0 heterocycles. The smallest absolute Gasteiger partial charge is 0.279 e. The molecule has 0 aliphatic heterocycles. The van der Waals surface area contributed by atoms with Crippen LogP contribution in [0.3, 0.4) is 0 Å². The van der Waals surface area contributed by atoms with Gasteiger partial charge in [-0.2, -0.15) is 0 Å². The molecule has 1 aliphatic carbocycles. The standard InChI is InChI=1S/C19H28ClN3O2/c1-3-23(12-18(24)21-16-7-5-4-6-8-16)13-19(25)22-17-11-15(20)10-9-14(17)2/h9-11,16H,3-8,12-13H2,1-2H3,(H,21,24)(H,22,25)/p+1. The SMILES string of the molecule is CC[NH+](CC(=O)Nc1cc(Cl)ccc1C)CC(=O)NC1CCCCC1. The number of halogens is 1. The number of quaternary nitrogens is 1. The average molecular weight is 367 g/mol. The molecule has 0 saturated heterocycles. The van der Waals surface area contributed by atoms with Gasteiger partial charge in [0.2, 0.25) is 0 Å². The number of aryl methyl sites for hydroxylation is 1. The Labute approximate surface area is 155 Å². The number of rotatable bonds is 7. The third-order valence-corrected chi connectivity index (χ3v) is 5.00. The molecule has 0 spiro atoms. The topological polar surface area (TPSA) is 62.6 Å². The molecule has 25 heavy (non-hydrogen) atoms. The lowest BCUT2D eigenvalue weighted by Crippen LogP contribution is -3.14. The molecule has 2 rings (SSSR count). The van der Waals surface area contributed by atoms with E-state index >= 15 is 0 Å². The van der Waals surface area contributed by atoms with Gasteiger partial charge in [0.1, 0.15) is 0 Å². The summed E-state index contributed by atoms with van der Waals surface area (Å²) < 4.78 is 0. The predicted molar refractivity (Wildman–Crippen MR) is 101 cm³/mol. The quantitative estimate of drug-likeness (QED) is 0.690. The van der Waals surface area contributed by atoms with Gasteiger partial charge in [-0.25, -0.2) is 0 Å². The number of hydrogen-bond acceptors (Lipinski definition) is 2. The maximum absolute atomic E-state index is 12.3. The first-order valence-electron chi connectivity index (χ1n) is 9.17. The highest BCUT2D eigenvalue weighted by Gasteiger charge is 2.20. The van der Waals surface area contributed by atoms with E-state index in [9.17, 15) is 9.59 Å². The number of carbonyl (C=O) groups is 2. The number of anilines is 1. The average Bonchev–Trinajstić information content (AvgIpc) is 2.58. The van der Waals surface area contributed by atoms with Gasteiger partial charge < -0.3 is 15.5 Å². The van der Waals surface area contributed by atoms with E-state index in [2.05, 4.69) is 10.6 Å². The fourth-order valence-electron chi connectivity index (χ4n) is 3.22. The highest BCUT2D eigenvalue weighted by molar-refractivity contribution is 6.31. The molecule has 1 aliphatic rings. The van der Waals surface area contributed by atoms with Crippen LogP contribution in [0.1, 0.15) is 44.6 Å². The summed E-state index contributed by atoms with van der Waals surface area (Å²) >= 11 is 5.99. The van der Waals surface area contributed by atoms with Crippen molar-refractivity contribution in [2.24, 2.45) is 0 Å². The van der Waals surface area contributed by atoms with E-state index in [0.717, 1.165) is 35.5 Å². The van der Waals surface area contributed by atoms with E-state index in [1.807, 2.05) is 19.9 Å². The normalized spacial score (nSPS) is 16.3. The lowest BCUT2D eigenvalue weighted by molar-refractivity contribution is -0.881. The Kier molecular flexibility index (Phi) is 7.72. The molecule has 1 fully saturated rings. The van der Waals surface area contributed by atoms with Crippen LogP contribution in [0.25, 0.3) is 0 Å². The fourth-order valence-corrected chi connectivity index (χ4v) is 3.39. The zero-order valence-corrected chi connectivity index (χ0v) is 15.9. The van der Waals surface area contributed by atoms with E-state index in [-0.39, 0.29) is 18.4 Å². The first-order chi connectivity index (χ1) is 12.0. The molecular weight excluding hydrogens is 338 g/mol. The first kappa shape index (κ1) is 19.7. The molecule has 1 unspecified atom stereocenters. The largest absolute Gasteiger partial charge is 0.348 e. The van der Waals surface area contributed by atoms with E-state index in [1.54, 1.807) is 12.1 Å². The maximum atomic E-state index is 12.3. The monoisotopic (exact) mass is 366 g/mol. The zero-order valence-electron chi connectivity index (χ0n) is 15.2. The molecule has 138 valence electrons. The highest BCUT2D eigenvalue weighted by Crippen LogP contribution is 2.20. The third-order valence-electron chi connectivity index (χ3n) is 4.77. The number of amides is 2. The summed E-state index contributed by atoms with van der Waals surface area (Å²) in [6.07, 6.45) is 5.79. The van der Waals surface area contributed by atoms with Crippen LogP contribution >= 0.6 is 11.6 Å². The Morgan fingerprint density at radius 3 is 2.52 bits per heavy atom. The van der Waals surface area contributed by atoms with E-state index in [1.165, 1.54) is 19.3 Å². The summed E-state index contributed by atoms with van der Waals surface area (Å²) in [4.78, 5) is 25.5. The van der Waals surface area contributed by atoms with Crippen LogP contribution in [0.15, 0.2) is 18.2 Å². The Bertz CT molecular complexity index is 600. The van der Waals surface area contributed by atoms with Gasteiger partial charge in [0.05, 0.1) is 6.54 Å². The number of nitrogens with one attached hydrogen (secondary N) is 3. The van der Waals surface area contributed by atoms with Gasteiger partial charge in [-0.15, -0.1) is 0 Å². The molecule has 1 saturated carbocycles. The van der Waals surface area contributed by atoms with Crippen molar-refractivity contribution in [2.75, 3.05) is 25.0 Å². The number of likely N-dealkylation sites (N-methyl/N-ethyl adjacent to an activating group) is 1. The zero-order chi connectivity index (χ0) is 18.2. The Morgan fingerprint density at radius 2 is 1.84 bits per heavy atom. The minimum Gasteiger partial charge on any atom is -0.348 e. The molecule has 1 atom stereocenters. The molecule has 1 aromatic carbocycles. The van der Waals surface area contributed by atoms with Crippen LogP contribution in [0.4, 0.5) is 5.69 Å². The highest BCUT2D eigenvalue weighted by atomic mass is 35.5. The van der Waals surface area contributed by atoms with Gasteiger partial charge >= 0.3 is 0 Å². The summed E-state index contributed by atoms with van der Waals surface area (Å²) in [6, 6.07) is 5.73. The second kappa shape index (κ2) is 9.78. The number of benzene rings is 1. The Hall–Kier alpha value is -1.59. The summed E-state index contributed by atoms with van der Waals surface area (Å²) in [5.41, 5.74) is 1.69. The van der Waals surface area contributed by atoms with Crippen molar-refractivity contribution in [3.8, 4) is 0 Å². The van der Waals surface area contributed by atoms with Crippen molar-refractivity contribution in [1.82, 2.24) is 5.32 Å². The van der Waals surface area contributed by atoms with Crippen molar-refractivity contribution >= 4 is 29.1 Å². The molecule has 2 amide bonds. The van der Waals surface area contributed by atoms with Crippen LogP contribution in [-0.4, -0.2) is 37.5 Å². The summed E-state index contributed by atoms with van der Waals surface area (Å²) in [5.74, 6) is -0.0665. The summed E-state index contributed by atoms with van der Waals surface area (Å²) in [6.45, 7) is 5.23. The summed E-state index contributed by atoms with van der Waals surface area (Å²) in [5, 5.41) is 6.60. The summed E-state index contributed by atoms with van der Waals surface area (Å²) in [7, 11) is 0. The van der Waals surface area contributed by atoms with Gasteiger partial charge in [0, 0.05) is 16.8 Å². The van der Waals surface area contributed by atoms with Crippen molar-refractivity contribution in [3.05, 3.63) is 28.8 Å². The molecule has 0 bridgehead atoms. The minimum atomic E-state index is -0.104. The molecule has 6 heteroatoms. The molecule has 3 N–H and O–H groups in total. The van der Waals surface area contributed by atoms with Gasteiger partial charge in [0.15, 0.2) is 13.1 Å². The van der Waals surface area contributed by atoms with Crippen molar-refractivity contribution in [1.29, 1.82) is 0 Å². The Morgan fingerprint density at radius 1 is 1.16 bits per heavy atom. The second-order valence-electron chi connectivity index (χ2n) is 6.87. The van der Waals surface area contributed by atoms with Crippen LogP contribution in [0, 0.1) is 6.92 Å². The van der Waals surface area contributed by atoms with Gasteiger partial charge in [0.25, 0.3) is 11.8 Å². The van der Waals surface area contributed by atoms with Gasteiger partial charge in [-0.1, -0.05) is 36.9 Å². The maximum Gasteiger partial charge on any atom is 0.279 e.